The van der Waals surface area contributed by atoms with Crippen LogP contribution >= 0.6 is 0 Å². The van der Waals surface area contributed by atoms with Gasteiger partial charge >= 0.3 is 0 Å². The Balaban J connectivity index is 6.41. The van der Waals surface area contributed by atoms with Gasteiger partial charge in [-0.05, 0) is 86.3 Å². The fourth-order valence-electron chi connectivity index (χ4n) is 2.89. The molecule has 0 radical (unpaired) electrons. The van der Waals surface area contributed by atoms with E-state index in [0.29, 0.717) is 5.57 Å². The van der Waals surface area contributed by atoms with E-state index in [1.807, 2.05) is 13.0 Å². The van der Waals surface area contributed by atoms with Crippen LogP contribution in [0.1, 0.15) is 82.6 Å². The van der Waals surface area contributed by atoms with Crippen LogP contribution in [-0.2, 0) is 18.1 Å². The molecule has 0 aromatic carbocycles. The van der Waals surface area contributed by atoms with Crippen molar-refractivity contribution >= 4 is 31.2 Å². The maximum Gasteiger partial charge on any atom is 0.193 e. The summed E-state index contributed by atoms with van der Waals surface area (Å²) < 4.78 is 20.8. The Labute approximate surface area is 216 Å². The van der Waals surface area contributed by atoms with Crippen LogP contribution in [0.5, 0.6) is 0 Å². The molecule has 0 bridgehead atoms. The number of hydrogen-bond donors (Lipinski definition) is 0. The quantitative estimate of drug-likeness (QED) is 0.152. The molecule has 0 aliphatic heterocycles. The summed E-state index contributed by atoms with van der Waals surface area (Å²) in [6, 6.07) is 0. The van der Waals surface area contributed by atoms with E-state index in [1.54, 1.807) is 0 Å². The lowest BCUT2D eigenvalue weighted by Gasteiger charge is -2.46. The van der Waals surface area contributed by atoms with E-state index in [0.717, 1.165) is 12.7 Å². The van der Waals surface area contributed by atoms with Gasteiger partial charge in [0.15, 0.2) is 25.0 Å². The van der Waals surface area contributed by atoms with Gasteiger partial charge in [0, 0.05) is 6.10 Å². The van der Waals surface area contributed by atoms with Crippen molar-refractivity contribution in [3.05, 3.63) is 11.6 Å². The lowest BCUT2D eigenvalue weighted by molar-refractivity contribution is -0.104. The van der Waals surface area contributed by atoms with Crippen LogP contribution in [0.4, 0.5) is 0 Å². The van der Waals surface area contributed by atoms with Gasteiger partial charge in [0.2, 0.25) is 0 Å². The monoisotopic (exact) mass is 530 g/mol. The van der Waals surface area contributed by atoms with E-state index in [9.17, 15) is 4.79 Å². The minimum absolute atomic E-state index is 0.0334. The van der Waals surface area contributed by atoms with Gasteiger partial charge < -0.3 is 13.3 Å². The van der Waals surface area contributed by atoms with Crippen LogP contribution in [0, 0.1) is 0 Å². The molecule has 202 valence electrons. The number of carbonyl (C=O) groups is 1. The van der Waals surface area contributed by atoms with Crippen molar-refractivity contribution < 1.29 is 18.1 Å². The van der Waals surface area contributed by atoms with Crippen LogP contribution in [0.2, 0.25) is 54.4 Å². The molecule has 3 atom stereocenters. The third-order valence-electron chi connectivity index (χ3n) is 8.33. The molecule has 7 heteroatoms. The first kappa shape index (κ1) is 33.9. The van der Waals surface area contributed by atoms with Gasteiger partial charge in [-0.1, -0.05) is 62.3 Å². The molecule has 0 heterocycles. The zero-order chi connectivity index (χ0) is 27.6. The van der Waals surface area contributed by atoms with Crippen molar-refractivity contribution in [2.75, 3.05) is 0 Å². The van der Waals surface area contributed by atoms with Gasteiger partial charge in [0.05, 0.1) is 12.2 Å². The molecule has 4 nitrogen and oxygen atoms in total. The van der Waals surface area contributed by atoms with Crippen molar-refractivity contribution in [1.82, 2.24) is 0 Å². The summed E-state index contributed by atoms with van der Waals surface area (Å²) in [5.41, 5.74) is 0.686. The number of rotatable bonds is 11. The van der Waals surface area contributed by atoms with Gasteiger partial charge in [-0.2, -0.15) is 0 Å². The van der Waals surface area contributed by atoms with Gasteiger partial charge in [-0.25, -0.2) is 0 Å². The Bertz CT molecular complexity index is 692. The fourth-order valence-corrected chi connectivity index (χ4v) is 6.94. The van der Waals surface area contributed by atoms with Crippen molar-refractivity contribution in [3.63, 3.8) is 0 Å². The van der Waals surface area contributed by atoms with E-state index < -0.39 is 25.0 Å². The second kappa shape index (κ2) is 11.6. The first-order valence-electron chi connectivity index (χ1n) is 12.9. The van der Waals surface area contributed by atoms with Gasteiger partial charge in [0.25, 0.3) is 0 Å². The molecule has 0 unspecified atom stereocenters. The molecular weight excluding hydrogens is 473 g/mol. The standard InChI is InChI=1S/C27H58O4Si3/c1-21(20-28)18-23(30-33(14,15)26(6,7)8)24(31-34(16,17)27(9,10)11)19-22(2)29-32(12,13)25(3,4)5/h18,20,22-24H,19H2,1-17H3/b21-18+/t22-,23+,24+/m1/s1. The predicted octanol–water partition coefficient (Wildman–Crippen LogP) is 8.71. The van der Waals surface area contributed by atoms with Crippen LogP contribution < -0.4 is 0 Å². The molecule has 0 saturated heterocycles. The second-order valence-electron chi connectivity index (χ2n) is 14.7. The summed E-state index contributed by atoms with van der Waals surface area (Å²) in [4.78, 5) is 11.6. The molecule has 0 saturated carbocycles. The zero-order valence-corrected chi connectivity index (χ0v) is 28.7. The molecule has 0 fully saturated rings. The van der Waals surface area contributed by atoms with Gasteiger partial charge in [-0.15, -0.1) is 0 Å². The summed E-state index contributed by atoms with van der Waals surface area (Å²) in [6.07, 6.45) is 3.22. The summed E-state index contributed by atoms with van der Waals surface area (Å²) in [5.74, 6) is 0. The fraction of sp³-hybridized carbons (Fsp3) is 0.889. The van der Waals surface area contributed by atoms with Crippen LogP contribution in [0.3, 0.4) is 0 Å². The SMILES string of the molecule is C/C(C=O)=C\[C@H](O[Si](C)(C)C(C)(C)C)[C@H](C[C@@H](C)O[Si](C)(C)C(C)(C)C)O[Si](C)(C)C(C)(C)C. The van der Waals surface area contributed by atoms with E-state index >= 15 is 0 Å². The normalized spacial score (nSPS) is 18.0. The molecular formula is C27H58O4Si3. The predicted molar refractivity (Wildman–Crippen MR) is 156 cm³/mol. The van der Waals surface area contributed by atoms with Crippen molar-refractivity contribution in [3.8, 4) is 0 Å². The van der Waals surface area contributed by atoms with Crippen LogP contribution in [0.25, 0.3) is 0 Å². The summed E-state index contributed by atoms with van der Waals surface area (Å²) >= 11 is 0. The molecule has 34 heavy (non-hydrogen) atoms. The molecule has 0 aromatic heterocycles. The van der Waals surface area contributed by atoms with Crippen molar-refractivity contribution in [2.24, 2.45) is 0 Å². The Morgan fingerprint density at radius 1 is 0.706 bits per heavy atom. The highest BCUT2D eigenvalue weighted by molar-refractivity contribution is 6.75. The van der Waals surface area contributed by atoms with E-state index in [2.05, 4.69) is 109 Å². The minimum atomic E-state index is -2.12. The Hall–Kier alpha value is -0.0594. The largest absolute Gasteiger partial charge is 0.414 e. The van der Waals surface area contributed by atoms with Crippen molar-refractivity contribution in [1.29, 1.82) is 0 Å². The second-order valence-corrected chi connectivity index (χ2v) is 29.0. The molecule has 0 aliphatic carbocycles. The summed E-state index contributed by atoms with van der Waals surface area (Å²) in [6.45, 7) is 38.1. The highest BCUT2D eigenvalue weighted by Gasteiger charge is 2.45. The molecule has 0 N–H and O–H groups in total. The molecule has 0 spiro atoms. The highest BCUT2D eigenvalue weighted by atomic mass is 28.4. The number of carbonyl (C=O) groups excluding carboxylic acids is 1. The van der Waals surface area contributed by atoms with E-state index in [-0.39, 0.29) is 33.4 Å². The zero-order valence-electron chi connectivity index (χ0n) is 25.7. The Kier molecular flexibility index (Phi) is 11.5. The summed E-state index contributed by atoms with van der Waals surface area (Å²) in [7, 11) is -6.15. The van der Waals surface area contributed by atoms with E-state index in [1.165, 1.54) is 0 Å². The number of allylic oxidation sites excluding steroid dienone is 1. The van der Waals surface area contributed by atoms with Gasteiger partial charge in [-0.3, -0.25) is 4.79 Å². The third-order valence-corrected chi connectivity index (χ3v) is 21.9. The van der Waals surface area contributed by atoms with Gasteiger partial charge in [0.1, 0.15) is 6.29 Å². The Morgan fingerprint density at radius 2 is 1.06 bits per heavy atom. The van der Waals surface area contributed by atoms with E-state index in [4.69, 9.17) is 13.3 Å². The first-order valence-corrected chi connectivity index (χ1v) is 21.7. The average Bonchev–Trinajstić information content (AvgIpc) is 2.56. The molecule has 0 amide bonds. The maximum atomic E-state index is 11.6. The lowest BCUT2D eigenvalue weighted by Crippen LogP contribution is -2.53. The maximum absolute atomic E-state index is 11.6. The minimum Gasteiger partial charge on any atom is -0.414 e. The number of aldehydes is 1. The highest BCUT2D eigenvalue weighted by Crippen LogP contribution is 2.42. The third kappa shape index (κ3) is 9.77. The molecule has 0 rings (SSSR count). The molecule has 0 aromatic rings. The van der Waals surface area contributed by atoms with Crippen LogP contribution in [-0.4, -0.2) is 49.6 Å². The topological polar surface area (TPSA) is 44.8 Å². The van der Waals surface area contributed by atoms with Crippen LogP contribution in [0.15, 0.2) is 11.6 Å². The lowest BCUT2D eigenvalue weighted by atomic mass is 10.1. The first-order chi connectivity index (χ1) is 14.8. The molecule has 0 aliphatic rings. The Morgan fingerprint density at radius 3 is 1.41 bits per heavy atom. The smallest absolute Gasteiger partial charge is 0.193 e. The van der Waals surface area contributed by atoms with Crippen molar-refractivity contribution in [2.45, 2.75) is 155 Å². The number of hydrogen-bond acceptors (Lipinski definition) is 4. The summed E-state index contributed by atoms with van der Waals surface area (Å²) in [5, 5.41) is 0.265. The average molecular weight is 531 g/mol.